The maximum absolute atomic E-state index is 14.1. The van der Waals surface area contributed by atoms with E-state index in [-0.39, 0.29) is 23.3 Å². The lowest BCUT2D eigenvalue weighted by molar-refractivity contribution is -0.141. The van der Waals surface area contributed by atoms with Crippen molar-refractivity contribution < 1.29 is 14.4 Å². The summed E-state index contributed by atoms with van der Waals surface area (Å²) in [5.41, 5.74) is 4.01. The number of rotatable bonds is 8. The van der Waals surface area contributed by atoms with Gasteiger partial charge in [0, 0.05) is 0 Å². The second-order valence-corrected chi connectivity index (χ2v) is 10.3. The standard InChI is InChI=1S/C28H33N3O3/c1-4-11-23(29-34-19-20-12-7-5-8-13-20)25(32)31-24-18-21-16-17-28(24,27(21,2)3)26(33)30(31)22-14-9-6-10-15-22/h4-10,12-15,21,23-24,29H,1,11,16-19H2,2-3H3/t21-,23+,24-,28+/m1/s1. The molecule has 2 bridgehead atoms. The normalized spacial score (nSPS) is 27.6. The molecule has 2 saturated carbocycles. The zero-order chi connectivity index (χ0) is 23.9. The quantitative estimate of drug-likeness (QED) is 0.462. The van der Waals surface area contributed by atoms with Crippen molar-refractivity contribution >= 4 is 17.5 Å². The molecule has 1 saturated heterocycles. The molecule has 2 aromatic carbocycles. The van der Waals surface area contributed by atoms with Crippen molar-refractivity contribution in [3.8, 4) is 0 Å². The second-order valence-electron chi connectivity index (χ2n) is 10.3. The molecule has 2 amide bonds. The maximum Gasteiger partial charge on any atom is 0.261 e. The molecule has 6 nitrogen and oxygen atoms in total. The third kappa shape index (κ3) is 3.31. The van der Waals surface area contributed by atoms with E-state index in [2.05, 4.69) is 25.9 Å². The molecule has 0 radical (unpaired) electrons. The number of carbonyl (C=O) groups excluding carboxylic acids is 2. The summed E-state index contributed by atoms with van der Waals surface area (Å²) < 4.78 is 0. The summed E-state index contributed by atoms with van der Waals surface area (Å²) in [4.78, 5) is 34.0. The first-order chi connectivity index (χ1) is 16.4. The number of hydrogen-bond donors (Lipinski definition) is 1. The number of carbonyl (C=O) groups is 2. The smallest absolute Gasteiger partial charge is 0.261 e. The average Bonchev–Trinajstić information content (AvgIpc) is 3.37. The first kappa shape index (κ1) is 22.8. The second kappa shape index (κ2) is 8.67. The molecule has 3 fully saturated rings. The first-order valence-corrected chi connectivity index (χ1v) is 12.2. The van der Waals surface area contributed by atoms with E-state index in [1.54, 1.807) is 16.1 Å². The molecular formula is C28H33N3O3. The fourth-order valence-electron chi connectivity index (χ4n) is 6.58. The summed E-state index contributed by atoms with van der Waals surface area (Å²) in [7, 11) is 0. The van der Waals surface area contributed by atoms with Gasteiger partial charge < -0.3 is 0 Å². The van der Waals surface area contributed by atoms with Crippen LogP contribution in [0.25, 0.3) is 0 Å². The number of nitrogens with one attached hydrogen (secondary N) is 1. The number of amides is 2. The summed E-state index contributed by atoms with van der Waals surface area (Å²) in [5.74, 6) is 0.329. The van der Waals surface area contributed by atoms with Crippen molar-refractivity contribution in [2.24, 2.45) is 16.7 Å². The van der Waals surface area contributed by atoms with Crippen molar-refractivity contribution in [1.29, 1.82) is 0 Å². The van der Waals surface area contributed by atoms with Gasteiger partial charge in [-0.25, -0.2) is 10.0 Å². The molecule has 1 spiro atoms. The first-order valence-electron chi connectivity index (χ1n) is 12.2. The summed E-state index contributed by atoms with van der Waals surface area (Å²) >= 11 is 0. The molecule has 4 atom stereocenters. The van der Waals surface area contributed by atoms with Crippen molar-refractivity contribution in [3.63, 3.8) is 0 Å². The van der Waals surface area contributed by atoms with Crippen LogP contribution in [0.5, 0.6) is 0 Å². The van der Waals surface area contributed by atoms with Crippen LogP contribution in [0.15, 0.2) is 73.3 Å². The highest BCUT2D eigenvalue weighted by atomic mass is 16.6. The average molecular weight is 460 g/mol. The molecule has 5 rings (SSSR count). The van der Waals surface area contributed by atoms with Crippen molar-refractivity contribution in [2.45, 2.75) is 58.2 Å². The third-order valence-electron chi connectivity index (χ3n) is 8.45. The van der Waals surface area contributed by atoms with E-state index in [4.69, 9.17) is 4.84 Å². The van der Waals surface area contributed by atoms with Gasteiger partial charge in [-0.2, -0.15) is 5.48 Å². The highest BCUT2D eigenvalue weighted by molar-refractivity contribution is 6.05. The van der Waals surface area contributed by atoms with Gasteiger partial charge in [-0.3, -0.25) is 14.4 Å². The third-order valence-corrected chi connectivity index (χ3v) is 8.45. The Kier molecular flexibility index (Phi) is 5.82. The van der Waals surface area contributed by atoms with Crippen molar-refractivity contribution in [2.75, 3.05) is 5.01 Å². The van der Waals surface area contributed by atoms with Gasteiger partial charge in [0.1, 0.15) is 6.04 Å². The number of fused-ring (bicyclic) bond motifs is 1. The minimum absolute atomic E-state index is 0.0459. The highest BCUT2D eigenvalue weighted by Gasteiger charge is 2.75. The molecule has 2 aromatic rings. The lowest BCUT2D eigenvalue weighted by atomic mass is 9.67. The summed E-state index contributed by atoms with van der Waals surface area (Å²) in [6.07, 6.45) is 4.82. The van der Waals surface area contributed by atoms with Crippen LogP contribution in [0.4, 0.5) is 5.69 Å². The molecule has 1 heterocycles. The van der Waals surface area contributed by atoms with Crippen LogP contribution in [-0.4, -0.2) is 28.9 Å². The number of para-hydroxylation sites is 1. The molecule has 0 unspecified atom stereocenters. The van der Waals surface area contributed by atoms with Crippen molar-refractivity contribution in [1.82, 2.24) is 10.5 Å². The number of hydrazine groups is 1. The van der Waals surface area contributed by atoms with Crippen LogP contribution in [0.2, 0.25) is 0 Å². The minimum atomic E-state index is -0.641. The van der Waals surface area contributed by atoms with Crippen LogP contribution in [0, 0.1) is 16.7 Å². The van der Waals surface area contributed by atoms with E-state index in [0.29, 0.717) is 18.9 Å². The number of nitrogens with zero attached hydrogens (tertiary/aromatic N) is 2. The minimum Gasteiger partial charge on any atom is -0.296 e. The molecule has 6 heteroatoms. The van der Waals surface area contributed by atoms with E-state index in [0.717, 1.165) is 30.5 Å². The highest BCUT2D eigenvalue weighted by Crippen LogP contribution is 2.70. The van der Waals surface area contributed by atoms with Crippen LogP contribution in [-0.2, 0) is 21.0 Å². The Morgan fingerprint density at radius 2 is 1.85 bits per heavy atom. The molecule has 0 aromatic heterocycles. The Morgan fingerprint density at radius 1 is 1.18 bits per heavy atom. The zero-order valence-electron chi connectivity index (χ0n) is 19.9. The van der Waals surface area contributed by atoms with E-state index < -0.39 is 11.5 Å². The summed E-state index contributed by atoms with van der Waals surface area (Å²) in [5, 5.41) is 3.39. The zero-order valence-corrected chi connectivity index (χ0v) is 19.9. The Hall–Kier alpha value is -2.96. The van der Waals surface area contributed by atoms with Gasteiger partial charge in [0.05, 0.1) is 23.8 Å². The summed E-state index contributed by atoms with van der Waals surface area (Å²) in [6, 6.07) is 18.6. The molecule has 1 N–H and O–H groups in total. The Bertz CT molecular complexity index is 1070. The monoisotopic (exact) mass is 459 g/mol. The van der Waals surface area contributed by atoms with Gasteiger partial charge in [0.2, 0.25) is 0 Å². The van der Waals surface area contributed by atoms with Gasteiger partial charge in [0.15, 0.2) is 0 Å². The van der Waals surface area contributed by atoms with Gasteiger partial charge in [0.25, 0.3) is 11.8 Å². The SMILES string of the molecule is C=CC[C@H](NOCc1ccccc1)C(=O)N1[C@@H]2C[C@H]3CC[C@]2(C(=O)N1c1ccccc1)C3(C)C. The molecule has 3 aliphatic rings. The van der Waals surface area contributed by atoms with E-state index in [9.17, 15) is 9.59 Å². The fourth-order valence-corrected chi connectivity index (χ4v) is 6.58. The largest absolute Gasteiger partial charge is 0.296 e. The predicted molar refractivity (Wildman–Crippen MR) is 131 cm³/mol. The van der Waals surface area contributed by atoms with E-state index in [1.165, 1.54) is 0 Å². The molecular weight excluding hydrogens is 426 g/mol. The van der Waals surface area contributed by atoms with Gasteiger partial charge >= 0.3 is 0 Å². The number of hydroxylamine groups is 1. The number of hydrogen-bond acceptors (Lipinski definition) is 4. The van der Waals surface area contributed by atoms with Gasteiger partial charge in [-0.15, -0.1) is 6.58 Å². The predicted octanol–water partition coefficient (Wildman–Crippen LogP) is 4.64. The number of benzene rings is 2. The lowest BCUT2D eigenvalue weighted by Gasteiger charge is -2.36. The van der Waals surface area contributed by atoms with Crippen molar-refractivity contribution in [3.05, 3.63) is 78.9 Å². The lowest BCUT2D eigenvalue weighted by Crippen LogP contribution is -2.54. The van der Waals surface area contributed by atoms with Crippen LogP contribution in [0.3, 0.4) is 0 Å². The maximum atomic E-state index is 14.1. The number of anilines is 1. The molecule has 1 aliphatic heterocycles. The fraction of sp³-hybridized carbons (Fsp3) is 0.429. The van der Waals surface area contributed by atoms with Crippen LogP contribution >= 0.6 is 0 Å². The molecule has 178 valence electrons. The van der Waals surface area contributed by atoms with E-state index in [1.807, 2.05) is 60.7 Å². The summed E-state index contributed by atoms with van der Waals surface area (Å²) in [6.45, 7) is 8.61. The Balaban J connectivity index is 1.45. The van der Waals surface area contributed by atoms with Crippen LogP contribution < -0.4 is 10.5 Å². The molecule has 2 aliphatic carbocycles. The Labute approximate surface area is 201 Å². The van der Waals surface area contributed by atoms with E-state index >= 15 is 0 Å². The van der Waals surface area contributed by atoms with Gasteiger partial charge in [-0.05, 0) is 54.7 Å². The van der Waals surface area contributed by atoms with Gasteiger partial charge in [-0.1, -0.05) is 68.5 Å². The molecule has 34 heavy (non-hydrogen) atoms. The van der Waals surface area contributed by atoms with Crippen LogP contribution in [0.1, 0.15) is 45.1 Å². The topological polar surface area (TPSA) is 61.9 Å². The Morgan fingerprint density at radius 3 is 2.50 bits per heavy atom.